The Labute approximate surface area is 172 Å². The Morgan fingerprint density at radius 2 is 1.93 bits per heavy atom. The number of rotatable bonds is 8. The van der Waals surface area contributed by atoms with Crippen molar-refractivity contribution in [3.05, 3.63) is 32.7 Å². The quantitative estimate of drug-likeness (QED) is 0.653. The van der Waals surface area contributed by atoms with E-state index in [1.165, 1.54) is 0 Å². The highest BCUT2D eigenvalue weighted by Gasteiger charge is 2.27. The van der Waals surface area contributed by atoms with Gasteiger partial charge in [0.25, 0.3) is 5.56 Å². The first-order chi connectivity index (χ1) is 13.9. The number of aromatic nitrogens is 1. The van der Waals surface area contributed by atoms with Crippen LogP contribution in [-0.4, -0.2) is 41.3 Å². The van der Waals surface area contributed by atoms with E-state index in [4.69, 9.17) is 5.26 Å². The number of piperidine rings is 1. The van der Waals surface area contributed by atoms with Crippen LogP contribution in [0.2, 0.25) is 0 Å². The first-order valence-electron chi connectivity index (χ1n) is 10.6. The summed E-state index contributed by atoms with van der Waals surface area (Å²) in [7, 11) is 0. The number of hydrogen-bond donors (Lipinski definition) is 2. The number of unbranched alkanes of at least 4 members (excludes halogenated alkanes) is 2. The van der Waals surface area contributed by atoms with Crippen LogP contribution in [0.1, 0.15) is 67.8 Å². The second-order valence-electron chi connectivity index (χ2n) is 7.82. The standard InChI is InChI=1S/C22H32N4O3/c1-4-5-6-11-24-21(28)17-9-12-26(13-10-17)20(27)8-7-18-15(2)19(14-23)22(29)25-16(18)3/h17H,4-13H2,1-3H3,(H,24,28)(H,25,29). The Hall–Kier alpha value is -2.62. The summed E-state index contributed by atoms with van der Waals surface area (Å²) in [5.41, 5.74) is 1.95. The molecular weight excluding hydrogens is 368 g/mol. The van der Waals surface area contributed by atoms with Crippen LogP contribution in [0, 0.1) is 31.1 Å². The maximum atomic E-state index is 12.6. The number of amides is 2. The summed E-state index contributed by atoms with van der Waals surface area (Å²) < 4.78 is 0. The van der Waals surface area contributed by atoms with Crippen molar-refractivity contribution in [3.8, 4) is 6.07 Å². The minimum Gasteiger partial charge on any atom is -0.356 e. The molecule has 1 aliphatic heterocycles. The number of hydrogen-bond acceptors (Lipinski definition) is 4. The van der Waals surface area contributed by atoms with Crippen LogP contribution in [0.25, 0.3) is 0 Å². The fourth-order valence-electron chi connectivity index (χ4n) is 3.93. The normalized spacial score (nSPS) is 14.5. The number of pyridine rings is 1. The summed E-state index contributed by atoms with van der Waals surface area (Å²) in [4.78, 5) is 41.2. The van der Waals surface area contributed by atoms with E-state index in [9.17, 15) is 14.4 Å². The lowest BCUT2D eigenvalue weighted by Gasteiger charge is -2.31. The van der Waals surface area contributed by atoms with Crippen LogP contribution in [0.5, 0.6) is 0 Å². The fourth-order valence-corrected chi connectivity index (χ4v) is 3.93. The van der Waals surface area contributed by atoms with E-state index in [2.05, 4.69) is 17.2 Å². The second-order valence-corrected chi connectivity index (χ2v) is 7.82. The molecule has 0 spiro atoms. The Kier molecular flexibility index (Phi) is 8.44. The monoisotopic (exact) mass is 400 g/mol. The number of carbonyl (C=O) groups excluding carboxylic acids is 2. The molecule has 2 N–H and O–H groups in total. The highest BCUT2D eigenvalue weighted by Crippen LogP contribution is 2.20. The van der Waals surface area contributed by atoms with Gasteiger partial charge >= 0.3 is 0 Å². The number of nitriles is 1. The van der Waals surface area contributed by atoms with Crippen LogP contribution < -0.4 is 10.9 Å². The Bertz CT molecular complexity index is 830. The van der Waals surface area contributed by atoms with E-state index in [-0.39, 0.29) is 28.9 Å². The molecule has 7 heteroatoms. The molecule has 158 valence electrons. The van der Waals surface area contributed by atoms with Gasteiger partial charge in [-0.15, -0.1) is 0 Å². The van der Waals surface area contributed by atoms with Gasteiger partial charge < -0.3 is 15.2 Å². The maximum Gasteiger partial charge on any atom is 0.266 e. The molecule has 1 fully saturated rings. The number of H-pyrrole nitrogens is 1. The molecule has 2 amide bonds. The van der Waals surface area contributed by atoms with Gasteiger partial charge in [0.1, 0.15) is 11.6 Å². The van der Waals surface area contributed by atoms with E-state index in [0.717, 1.165) is 31.4 Å². The Balaban J connectivity index is 1.84. The van der Waals surface area contributed by atoms with Gasteiger partial charge in [0, 0.05) is 37.7 Å². The van der Waals surface area contributed by atoms with E-state index >= 15 is 0 Å². The molecule has 2 rings (SSSR count). The Morgan fingerprint density at radius 1 is 1.24 bits per heavy atom. The van der Waals surface area contributed by atoms with Crippen molar-refractivity contribution in [1.82, 2.24) is 15.2 Å². The van der Waals surface area contributed by atoms with Crippen LogP contribution in [-0.2, 0) is 16.0 Å². The number of nitrogens with one attached hydrogen (secondary N) is 2. The minimum atomic E-state index is -0.382. The molecular formula is C22H32N4O3. The van der Waals surface area contributed by atoms with E-state index in [1.54, 1.807) is 13.8 Å². The average Bonchev–Trinajstić information content (AvgIpc) is 2.71. The lowest BCUT2D eigenvalue weighted by molar-refractivity contribution is -0.135. The molecule has 2 heterocycles. The molecule has 1 aromatic rings. The van der Waals surface area contributed by atoms with Crippen LogP contribution in [0.4, 0.5) is 0 Å². The van der Waals surface area contributed by atoms with Crippen LogP contribution in [0.3, 0.4) is 0 Å². The molecule has 29 heavy (non-hydrogen) atoms. The summed E-state index contributed by atoms with van der Waals surface area (Å²) in [6, 6.07) is 1.94. The molecule has 0 atom stereocenters. The van der Waals surface area contributed by atoms with Crippen LogP contribution in [0.15, 0.2) is 4.79 Å². The molecule has 0 aromatic carbocycles. The third kappa shape index (κ3) is 5.93. The summed E-state index contributed by atoms with van der Waals surface area (Å²) in [6.45, 7) is 7.61. The van der Waals surface area contributed by atoms with Gasteiger partial charge in [0.05, 0.1) is 0 Å². The lowest BCUT2D eigenvalue weighted by atomic mass is 9.95. The van der Waals surface area contributed by atoms with Gasteiger partial charge in [-0.3, -0.25) is 14.4 Å². The van der Waals surface area contributed by atoms with Gasteiger partial charge in [-0.1, -0.05) is 19.8 Å². The molecule has 7 nitrogen and oxygen atoms in total. The number of nitrogens with zero attached hydrogens (tertiary/aromatic N) is 2. The smallest absolute Gasteiger partial charge is 0.266 e. The largest absolute Gasteiger partial charge is 0.356 e. The molecule has 1 aliphatic rings. The van der Waals surface area contributed by atoms with Gasteiger partial charge in [-0.25, -0.2) is 0 Å². The molecule has 1 aromatic heterocycles. The first kappa shape index (κ1) is 22.7. The summed E-state index contributed by atoms with van der Waals surface area (Å²) in [5, 5.41) is 12.2. The predicted molar refractivity (Wildman–Crippen MR) is 111 cm³/mol. The van der Waals surface area contributed by atoms with Crippen LogP contribution >= 0.6 is 0 Å². The number of aromatic amines is 1. The molecule has 0 saturated carbocycles. The predicted octanol–water partition coefficient (Wildman–Crippen LogP) is 2.34. The van der Waals surface area contributed by atoms with Crippen molar-refractivity contribution in [2.45, 2.75) is 65.7 Å². The molecule has 0 bridgehead atoms. The SMILES string of the molecule is CCCCCNC(=O)C1CCN(C(=O)CCc2c(C)[nH]c(=O)c(C#N)c2C)CC1. The minimum absolute atomic E-state index is 0.0115. The summed E-state index contributed by atoms with van der Waals surface area (Å²) in [6.07, 6.45) is 5.47. The second kappa shape index (κ2) is 10.8. The zero-order valence-electron chi connectivity index (χ0n) is 17.8. The number of aryl methyl sites for hydroxylation is 1. The maximum absolute atomic E-state index is 12.6. The lowest BCUT2D eigenvalue weighted by Crippen LogP contribution is -2.43. The highest BCUT2D eigenvalue weighted by atomic mass is 16.2. The Morgan fingerprint density at radius 3 is 2.55 bits per heavy atom. The molecule has 0 aliphatic carbocycles. The average molecular weight is 401 g/mol. The summed E-state index contributed by atoms with van der Waals surface area (Å²) in [5.74, 6) is 0.148. The highest BCUT2D eigenvalue weighted by molar-refractivity contribution is 5.80. The van der Waals surface area contributed by atoms with Crippen molar-refractivity contribution in [2.24, 2.45) is 5.92 Å². The van der Waals surface area contributed by atoms with Gasteiger partial charge in [-0.2, -0.15) is 5.26 Å². The molecule has 0 radical (unpaired) electrons. The number of carbonyl (C=O) groups is 2. The zero-order valence-corrected chi connectivity index (χ0v) is 17.8. The summed E-state index contributed by atoms with van der Waals surface area (Å²) >= 11 is 0. The van der Waals surface area contributed by atoms with E-state index in [1.807, 2.05) is 11.0 Å². The van der Waals surface area contributed by atoms with Crippen molar-refractivity contribution in [2.75, 3.05) is 19.6 Å². The number of likely N-dealkylation sites (tertiary alicyclic amines) is 1. The van der Waals surface area contributed by atoms with Crippen molar-refractivity contribution >= 4 is 11.8 Å². The van der Waals surface area contributed by atoms with Gasteiger partial charge in [0.2, 0.25) is 11.8 Å². The first-order valence-corrected chi connectivity index (χ1v) is 10.6. The van der Waals surface area contributed by atoms with Crippen molar-refractivity contribution < 1.29 is 9.59 Å². The van der Waals surface area contributed by atoms with E-state index in [0.29, 0.717) is 50.0 Å². The molecule has 0 unspecified atom stereocenters. The van der Waals surface area contributed by atoms with Crippen molar-refractivity contribution in [1.29, 1.82) is 5.26 Å². The third-order valence-electron chi connectivity index (χ3n) is 5.81. The van der Waals surface area contributed by atoms with Gasteiger partial charge in [0.15, 0.2) is 0 Å². The zero-order chi connectivity index (χ0) is 21.4. The third-order valence-corrected chi connectivity index (χ3v) is 5.81. The topological polar surface area (TPSA) is 106 Å². The van der Waals surface area contributed by atoms with E-state index < -0.39 is 0 Å². The van der Waals surface area contributed by atoms with Crippen molar-refractivity contribution in [3.63, 3.8) is 0 Å². The fraction of sp³-hybridized carbons (Fsp3) is 0.636. The van der Waals surface area contributed by atoms with Gasteiger partial charge in [-0.05, 0) is 50.7 Å². The molecule has 1 saturated heterocycles.